The van der Waals surface area contributed by atoms with Crippen molar-refractivity contribution in [2.24, 2.45) is 0 Å². The molecule has 86 valence electrons. The van der Waals surface area contributed by atoms with E-state index in [4.69, 9.17) is 12.2 Å². The third kappa shape index (κ3) is 2.03. The van der Waals surface area contributed by atoms with Crippen LogP contribution in [0, 0.1) is 4.51 Å². The van der Waals surface area contributed by atoms with E-state index in [1.54, 1.807) is 0 Å². The SMILES string of the molecule is S=c1cc[nH]c(C2CCCc3cccnc32)c1. The standard InChI is InChI=1S/C14H14N2S/c17-11-6-8-15-13(9-11)12-5-1-3-10-4-2-7-16-14(10)12/h2,4,6-9,12H,1,3,5H2,(H,15,17). The van der Waals surface area contributed by atoms with Crippen LogP contribution in [0.1, 0.15) is 35.7 Å². The highest BCUT2D eigenvalue weighted by atomic mass is 32.1. The number of fused-ring (bicyclic) bond motifs is 1. The average Bonchev–Trinajstić information content (AvgIpc) is 2.38. The molecule has 0 aliphatic heterocycles. The van der Waals surface area contributed by atoms with Crippen molar-refractivity contribution in [2.45, 2.75) is 25.2 Å². The first kappa shape index (κ1) is 10.7. The van der Waals surface area contributed by atoms with Crippen LogP contribution in [-0.4, -0.2) is 9.97 Å². The van der Waals surface area contributed by atoms with Crippen LogP contribution in [0.25, 0.3) is 0 Å². The maximum Gasteiger partial charge on any atom is 0.0525 e. The van der Waals surface area contributed by atoms with E-state index in [-0.39, 0.29) is 0 Å². The molecule has 1 aliphatic rings. The molecule has 0 amide bonds. The summed E-state index contributed by atoms with van der Waals surface area (Å²) >= 11 is 5.23. The zero-order valence-corrected chi connectivity index (χ0v) is 10.3. The smallest absolute Gasteiger partial charge is 0.0525 e. The Morgan fingerprint density at radius 3 is 3.18 bits per heavy atom. The third-order valence-electron chi connectivity index (χ3n) is 3.37. The molecule has 3 rings (SSSR count). The maximum absolute atomic E-state index is 5.23. The molecule has 0 saturated heterocycles. The van der Waals surface area contributed by atoms with E-state index >= 15 is 0 Å². The molecule has 0 bridgehead atoms. The number of aromatic amines is 1. The second-order valence-electron chi connectivity index (χ2n) is 4.47. The summed E-state index contributed by atoms with van der Waals surface area (Å²) in [5.41, 5.74) is 3.79. The molecule has 0 saturated carbocycles. The summed E-state index contributed by atoms with van der Waals surface area (Å²) in [6, 6.07) is 8.19. The van der Waals surface area contributed by atoms with Gasteiger partial charge in [-0.05, 0) is 43.0 Å². The molecule has 1 aliphatic carbocycles. The molecule has 2 aromatic heterocycles. The fourth-order valence-electron chi connectivity index (χ4n) is 2.58. The molecule has 2 aromatic rings. The third-order valence-corrected chi connectivity index (χ3v) is 3.62. The Hall–Kier alpha value is -1.48. The van der Waals surface area contributed by atoms with Crippen molar-refractivity contribution in [3.63, 3.8) is 0 Å². The van der Waals surface area contributed by atoms with E-state index < -0.39 is 0 Å². The Balaban J connectivity index is 2.09. The zero-order chi connectivity index (χ0) is 11.7. The normalized spacial score (nSPS) is 18.7. The molecule has 1 unspecified atom stereocenters. The summed E-state index contributed by atoms with van der Waals surface area (Å²) in [6.07, 6.45) is 7.33. The van der Waals surface area contributed by atoms with Crippen LogP contribution in [0.15, 0.2) is 36.7 Å². The summed E-state index contributed by atoms with van der Waals surface area (Å²) in [5, 5.41) is 0. The van der Waals surface area contributed by atoms with E-state index in [2.05, 4.69) is 22.1 Å². The van der Waals surface area contributed by atoms with Gasteiger partial charge in [0.1, 0.15) is 0 Å². The Labute approximate surface area is 106 Å². The second-order valence-corrected chi connectivity index (χ2v) is 4.94. The summed E-state index contributed by atoms with van der Waals surface area (Å²) in [6.45, 7) is 0. The van der Waals surface area contributed by atoms with E-state index in [1.165, 1.54) is 23.4 Å². The molecular formula is C14H14N2S. The van der Waals surface area contributed by atoms with Gasteiger partial charge in [0.05, 0.1) is 5.69 Å². The lowest BCUT2D eigenvalue weighted by atomic mass is 9.84. The fourth-order valence-corrected chi connectivity index (χ4v) is 2.77. The summed E-state index contributed by atoms with van der Waals surface area (Å²) in [4.78, 5) is 7.87. The number of rotatable bonds is 1. The Kier molecular flexibility index (Phi) is 2.77. The number of hydrogen-bond donors (Lipinski definition) is 1. The van der Waals surface area contributed by atoms with Gasteiger partial charge in [-0.3, -0.25) is 4.98 Å². The topological polar surface area (TPSA) is 28.7 Å². The van der Waals surface area contributed by atoms with Crippen molar-refractivity contribution in [3.8, 4) is 0 Å². The monoisotopic (exact) mass is 242 g/mol. The number of hydrogen-bond acceptors (Lipinski definition) is 2. The van der Waals surface area contributed by atoms with Crippen molar-refractivity contribution in [1.82, 2.24) is 9.97 Å². The average molecular weight is 242 g/mol. The van der Waals surface area contributed by atoms with Gasteiger partial charge < -0.3 is 4.98 Å². The highest BCUT2D eigenvalue weighted by Gasteiger charge is 2.23. The van der Waals surface area contributed by atoms with Crippen LogP contribution in [-0.2, 0) is 6.42 Å². The fraction of sp³-hybridized carbons (Fsp3) is 0.286. The van der Waals surface area contributed by atoms with Crippen LogP contribution in [0.3, 0.4) is 0 Å². The van der Waals surface area contributed by atoms with Crippen molar-refractivity contribution in [3.05, 3.63) is 58.1 Å². The van der Waals surface area contributed by atoms with Crippen molar-refractivity contribution in [2.75, 3.05) is 0 Å². The molecule has 3 heteroatoms. The predicted octanol–water partition coefficient (Wildman–Crippen LogP) is 3.61. The molecule has 0 spiro atoms. The highest BCUT2D eigenvalue weighted by Crippen LogP contribution is 2.33. The molecular weight excluding hydrogens is 228 g/mol. The van der Waals surface area contributed by atoms with Gasteiger partial charge in [0.15, 0.2) is 0 Å². The van der Waals surface area contributed by atoms with E-state index in [0.29, 0.717) is 5.92 Å². The van der Waals surface area contributed by atoms with E-state index in [0.717, 1.165) is 17.4 Å². The van der Waals surface area contributed by atoms with Crippen LogP contribution in [0.2, 0.25) is 0 Å². The van der Waals surface area contributed by atoms with Gasteiger partial charge >= 0.3 is 0 Å². The molecule has 17 heavy (non-hydrogen) atoms. The lowest BCUT2D eigenvalue weighted by molar-refractivity contribution is 0.587. The van der Waals surface area contributed by atoms with Crippen LogP contribution < -0.4 is 0 Å². The minimum atomic E-state index is 0.378. The maximum atomic E-state index is 5.23. The Morgan fingerprint density at radius 2 is 2.29 bits per heavy atom. The molecule has 2 heterocycles. The van der Waals surface area contributed by atoms with Crippen LogP contribution >= 0.6 is 12.2 Å². The van der Waals surface area contributed by atoms with Crippen LogP contribution in [0.5, 0.6) is 0 Å². The van der Waals surface area contributed by atoms with Crippen molar-refractivity contribution in [1.29, 1.82) is 0 Å². The van der Waals surface area contributed by atoms with Crippen molar-refractivity contribution < 1.29 is 0 Å². The predicted molar refractivity (Wildman–Crippen MR) is 70.6 cm³/mol. The molecule has 0 aromatic carbocycles. The first-order valence-corrected chi connectivity index (χ1v) is 6.38. The Morgan fingerprint density at radius 1 is 1.35 bits per heavy atom. The quantitative estimate of drug-likeness (QED) is 0.774. The first-order chi connectivity index (χ1) is 8.34. The molecule has 0 fully saturated rings. The number of nitrogens with zero attached hydrogens (tertiary/aromatic N) is 1. The summed E-state index contributed by atoms with van der Waals surface area (Å²) < 4.78 is 0.891. The van der Waals surface area contributed by atoms with Gasteiger partial charge in [0.2, 0.25) is 0 Å². The number of aryl methyl sites for hydroxylation is 1. The minimum Gasteiger partial charge on any atom is -0.364 e. The van der Waals surface area contributed by atoms with Gasteiger partial charge in [0, 0.05) is 28.5 Å². The van der Waals surface area contributed by atoms with Gasteiger partial charge in [-0.1, -0.05) is 18.3 Å². The largest absolute Gasteiger partial charge is 0.364 e. The number of H-pyrrole nitrogens is 1. The number of nitrogens with one attached hydrogen (secondary N) is 1. The Bertz CT molecular complexity index is 589. The van der Waals surface area contributed by atoms with Gasteiger partial charge in [-0.25, -0.2) is 0 Å². The summed E-state index contributed by atoms with van der Waals surface area (Å²) in [7, 11) is 0. The number of pyridine rings is 2. The lowest BCUT2D eigenvalue weighted by Gasteiger charge is -2.24. The molecule has 0 radical (unpaired) electrons. The highest BCUT2D eigenvalue weighted by molar-refractivity contribution is 7.71. The molecule has 2 nitrogen and oxygen atoms in total. The van der Waals surface area contributed by atoms with Crippen molar-refractivity contribution >= 4 is 12.2 Å². The van der Waals surface area contributed by atoms with Gasteiger partial charge in [0.25, 0.3) is 0 Å². The molecule has 1 atom stereocenters. The van der Waals surface area contributed by atoms with Crippen LogP contribution in [0.4, 0.5) is 0 Å². The zero-order valence-electron chi connectivity index (χ0n) is 9.52. The van der Waals surface area contributed by atoms with Gasteiger partial charge in [-0.15, -0.1) is 0 Å². The second kappa shape index (κ2) is 4.41. The summed E-state index contributed by atoms with van der Waals surface area (Å²) in [5.74, 6) is 0.378. The minimum absolute atomic E-state index is 0.378. The van der Waals surface area contributed by atoms with Gasteiger partial charge in [-0.2, -0.15) is 0 Å². The first-order valence-electron chi connectivity index (χ1n) is 5.97. The number of aromatic nitrogens is 2. The lowest BCUT2D eigenvalue weighted by Crippen LogP contribution is -2.13. The van der Waals surface area contributed by atoms with E-state index in [1.807, 2.05) is 24.5 Å². The van der Waals surface area contributed by atoms with E-state index in [9.17, 15) is 0 Å². The molecule has 1 N–H and O–H groups in total.